The molecular weight excluding hydrogens is 476 g/mol. The fourth-order valence-electron chi connectivity index (χ4n) is 3.11. The van der Waals surface area contributed by atoms with Gasteiger partial charge in [-0.3, -0.25) is 0 Å². The molecule has 2 aromatic carbocycles. The number of aromatic nitrogens is 1. The van der Waals surface area contributed by atoms with Crippen molar-refractivity contribution in [3.8, 4) is 11.3 Å². The zero-order valence-electron chi connectivity index (χ0n) is 13.8. The first kappa shape index (κ1) is 19.5. The van der Waals surface area contributed by atoms with Crippen LogP contribution in [0.25, 0.3) is 22.2 Å². The molecule has 1 heterocycles. The van der Waals surface area contributed by atoms with E-state index in [1.807, 2.05) is 24.3 Å². The van der Waals surface area contributed by atoms with Crippen LogP contribution in [0.15, 0.2) is 36.4 Å². The van der Waals surface area contributed by atoms with Crippen LogP contribution in [-0.4, -0.2) is 11.5 Å². The van der Waals surface area contributed by atoms with Crippen molar-refractivity contribution in [3.63, 3.8) is 0 Å². The van der Waals surface area contributed by atoms with Gasteiger partial charge in [0.1, 0.15) is 0 Å². The predicted octanol–water partition coefficient (Wildman–Crippen LogP) is 6.39. The summed E-state index contributed by atoms with van der Waals surface area (Å²) in [6, 6.07) is 10.3. The van der Waals surface area contributed by atoms with Crippen LogP contribution in [0, 0.1) is 3.57 Å². The highest BCUT2D eigenvalue weighted by Crippen LogP contribution is 2.41. The molecule has 1 aromatic heterocycles. The standard InChI is InChI=1S/C19H17ClF3IN2/c20-12-9-15-14(3-1-2-8-25)17(11-4-6-13(24)7-5-11)26-18(15)16(10-12)19(21,22)23/h4-7,9-10,26H,1-3,8,25H2. The van der Waals surface area contributed by atoms with Gasteiger partial charge in [-0.1, -0.05) is 23.7 Å². The maximum absolute atomic E-state index is 13.5. The van der Waals surface area contributed by atoms with Crippen LogP contribution >= 0.6 is 34.2 Å². The predicted molar refractivity (Wildman–Crippen MR) is 108 cm³/mol. The minimum Gasteiger partial charge on any atom is -0.354 e. The maximum Gasteiger partial charge on any atom is 0.418 e. The Morgan fingerprint density at radius 3 is 2.38 bits per heavy atom. The van der Waals surface area contributed by atoms with Gasteiger partial charge >= 0.3 is 6.18 Å². The Labute approximate surface area is 168 Å². The van der Waals surface area contributed by atoms with E-state index in [4.69, 9.17) is 17.3 Å². The number of rotatable bonds is 5. The molecule has 0 spiro atoms. The van der Waals surface area contributed by atoms with E-state index in [0.717, 1.165) is 33.6 Å². The molecule has 0 saturated carbocycles. The fraction of sp³-hybridized carbons (Fsp3) is 0.263. The van der Waals surface area contributed by atoms with Gasteiger partial charge in [0.15, 0.2) is 0 Å². The van der Waals surface area contributed by atoms with Gasteiger partial charge in [0.25, 0.3) is 0 Å². The monoisotopic (exact) mass is 492 g/mol. The number of hydrogen-bond acceptors (Lipinski definition) is 1. The smallest absolute Gasteiger partial charge is 0.354 e. The van der Waals surface area contributed by atoms with Crippen molar-refractivity contribution < 1.29 is 13.2 Å². The van der Waals surface area contributed by atoms with Crippen molar-refractivity contribution in [2.24, 2.45) is 5.73 Å². The average molecular weight is 493 g/mol. The van der Waals surface area contributed by atoms with Crippen LogP contribution in [0.5, 0.6) is 0 Å². The van der Waals surface area contributed by atoms with Gasteiger partial charge in [-0.05, 0) is 83.8 Å². The third kappa shape index (κ3) is 4.02. The number of aryl methyl sites for hydroxylation is 1. The number of H-pyrrole nitrogens is 1. The van der Waals surface area contributed by atoms with E-state index in [1.165, 1.54) is 0 Å². The molecule has 0 saturated heterocycles. The molecule has 0 aliphatic heterocycles. The highest BCUT2D eigenvalue weighted by atomic mass is 127. The lowest BCUT2D eigenvalue weighted by molar-refractivity contribution is -0.136. The van der Waals surface area contributed by atoms with Crippen molar-refractivity contribution in [1.82, 2.24) is 4.98 Å². The van der Waals surface area contributed by atoms with Crippen molar-refractivity contribution in [1.29, 1.82) is 0 Å². The summed E-state index contributed by atoms with van der Waals surface area (Å²) in [6.45, 7) is 0.551. The van der Waals surface area contributed by atoms with E-state index >= 15 is 0 Å². The molecule has 0 aliphatic rings. The summed E-state index contributed by atoms with van der Waals surface area (Å²) >= 11 is 8.20. The molecule has 7 heteroatoms. The van der Waals surface area contributed by atoms with E-state index in [1.54, 1.807) is 6.07 Å². The van der Waals surface area contributed by atoms with Gasteiger partial charge in [-0.15, -0.1) is 0 Å². The summed E-state index contributed by atoms with van der Waals surface area (Å²) in [5.41, 5.74) is 7.33. The number of fused-ring (bicyclic) bond motifs is 1. The molecule has 3 aromatic rings. The first-order chi connectivity index (χ1) is 12.3. The van der Waals surface area contributed by atoms with E-state index < -0.39 is 11.7 Å². The number of nitrogens with two attached hydrogens (primary N) is 1. The quantitative estimate of drug-likeness (QED) is 0.314. The first-order valence-corrected chi connectivity index (χ1v) is 9.64. The zero-order chi connectivity index (χ0) is 18.9. The second-order valence-corrected chi connectivity index (χ2v) is 7.79. The van der Waals surface area contributed by atoms with Gasteiger partial charge in [-0.25, -0.2) is 0 Å². The normalized spacial score (nSPS) is 12.1. The Kier molecular flexibility index (Phi) is 5.84. The summed E-state index contributed by atoms with van der Waals surface area (Å²) < 4.78 is 41.6. The van der Waals surface area contributed by atoms with Gasteiger partial charge < -0.3 is 10.7 Å². The zero-order valence-corrected chi connectivity index (χ0v) is 16.7. The van der Waals surface area contributed by atoms with Gasteiger partial charge in [0.2, 0.25) is 0 Å². The molecule has 0 aliphatic carbocycles. The van der Waals surface area contributed by atoms with Gasteiger partial charge in [-0.2, -0.15) is 13.2 Å². The lowest BCUT2D eigenvalue weighted by Crippen LogP contribution is -2.05. The minimum atomic E-state index is -4.48. The largest absolute Gasteiger partial charge is 0.418 e. The summed E-state index contributed by atoms with van der Waals surface area (Å²) in [6.07, 6.45) is -2.23. The van der Waals surface area contributed by atoms with Crippen LogP contribution in [0.2, 0.25) is 5.02 Å². The summed E-state index contributed by atoms with van der Waals surface area (Å²) in [5.74, 6) is 0. The van der Waals surface area contributed by atoms with E-state index in [0.29, 0.717) is 24.0 Å². The highest BCUT2D eigenvalue weighted by molar-refractivity contribution is 14.1. The van der Waals surface area contributed by atoms with Crippen LogP contribution in [0.3, 0.4) is 0 Å². The Hall–Kier alpha value is -1.25. The van der Waals surface area contributed by atoms with Crippen LogP contribution in [-0.2, 0) is 12.6 Å². The van der Waals surface area contributed by atoms with Crippen molar-refractivity contribution in [2.45, 2.75) is 25.4 Å². The minimum absolute atomic E-state index is 0.0815. The molecule has 0 bridgehead atoms. The molecule has 0 radical (unpaired) electrons. The highest BCUT2D eigenvalue weighted by Gasteiger charge is 2.34. The number of benzene rings is 2. The van der Waals surface area contributed by atoms with Crippen molar-refractivity contribution in [2.75, 3.05) is 6.54 Å². The summed E-state index contributed by atoms with van der Waals surface area (Å²) in [5, 5.41) is 0.605. The first-order valence-electron chi connectivity index (χ1n) is 8.18. The Bertz CT molecular complexity index is 917. The molecule has 0 fully saturated rings. The fourth-order valence-corrected chi connectivity index (χ4v) is 3.68. The molecule has 0 unspecified atom stereocenters. The average Bonchev–Trinajstić information content (AvgIpc) is 2.93. The molecule has 26 heavy (non-hydrogen) atoms. The second kappa shape index (κ2) is 7.78. The number of nitrogens with one attached hydrogen (secondary N) is 1. The van der Waals surface area contributed by atoms with Gasteiger partial charge in [0.05, 0.1) is 11.1 Å². The Morgan fingerprint density at radius 2 is 1.77 bits per heavy atom. The number of aromatic amines is 1. The van der Waals surface area contributed by atoms with E-state index in [9.17, 15) is 13.2 Å². The maximum atomic E-state index is 13.5. The third-order valence-electron chi connectivity index (χ3n) is 4.30. The Balaban J connectivity index is 2.25. The van der Waals surface area contributed by atoms with Crippen molar-refractivity contribution >= 4 is 45.1 Å². The topological polar surface area (TPSA) is 41.8 Å². The number of alkyl halides is 3. The van der Waals surface area contributed by atoms with Gasteiger partial charge in [0, 0.05) is 19.7 Å². The third-order valence-corrected chi connectivity index (χ3v) is 5.24. The molecule has 2 nitrogen and oxygen atoms in total. The number of hydrogen-bond donors (Lipinski definition) is 2. The lowest BCUT2D eigenvalue weighted by Gasteiger charge is -2.09. The number of unbranched alkanes of at least 4 members (excludes halogenated alkanes) is 1. The SMILES string of the molecule is NCCCCc1c(-c2ccc(I)cc2)[nH]c2c(C(F)(F)F)cc(Cl)cc12. The molecule has 0 amide bonds. The second-order valence-electron chi connectivity index (χ2n) is 6.10. The number of halogens is 5. The van der Waals surface area contributed by atoms with Crippen LogP contribution in [0.4, 0.5) is 13.2 Å². The Morgan fingerprint density at radius 1 is 1.08 bits per heavy atom. The van der Waals surface area contributed by atoms with E-state index in [-0.39, 0.29) is 10.5 Å². The molecule has 138 valence electrons. The molecular formula is C19H17ClF3IN2. The lowest BCUT2D eigenvalue weighted by atomic mass is 9.99. The molecule has 0 atom stereocenters. The van der Waals surface area contributed by atoms with E-state index in [2.05, 4.69) is 27.6 Å². The summed E-state index contributed by atoms with van der Waals surface area (Å²) in [4.78, 5) is 3.02. The van der Waals surface area contributed by atoms with Crippen molar-refractivity contribution in [3.05, 3.63) is 56.1 Å². The summed E-state index contributed by atoms with van der Waals surface area (Å²) in [7, 11) is 0. The molecule has 3 rings (SSSR count). The molecule has 3 N–H and O–H groups in total. The van der Waals surface area contributed by atoms with Crippen LogP contribution < -0.4 is 5.73 Å². The van der Waals surface area contributed by atoms with Crippen LogP contribution in [0.1, 0.15) is 24.0 Å².